The van der Waals surface area contributed by atoms with E-state index in [0.29, 0.717) is 13.2 Å². The van der Waals surface area contributed by atoms with Crippen LogP contribution in [0.25, 0.3) is 0 Å². The average molecular weight is 336 g/mol. The SMILES string of the molecule is CCOC(=O)C[C@@H]1C(=O)[C@H]2C=CC(=O)C[C@H]2C12OCC(C)(C)CO2. The van der Waals surface area contributed by atoms with E-state index in [1.54, 1.807) is 13.0 Å². The fourth-order valence-corrected chi connectivity index (χ4v) is 3.88. The van der Waals surface area contributed by atoms with Crippen LogP contribution in [0.3, 0.4) is 0 Å². The molecular formula is C18H24O6. The van der Waals surface area contributed by atoms with E-state index < -0.39 is 23.6 Å². The number of hydrogen-bond acceptors (Lipinski definition) is 6. The molecule has 0 unspecified atom stereocenters. The van der Waals surface area contributed by atoms with Gasteiger partial charge in [-0.1, -0.05) is 19.9 Å². The fraction of sp³-hybridized carbons (Fsp3) is 0.722. The molecule has 1 spiro atoms. The first-order valence-electron chi connectivity index (χ1n) is 8.47. The lowest BCUT2D eigenvalue weighted by molar-refractivity contribution is -0.331. The van der Waals surface area contributed by atoms with Crippen LogP contribution in [0.5, 0.6) is 0 Å². The van der Waals surface area contributed by atoms with E-state index in [0.717, 1.165) is 0 Å². The van der Waals surface area contributed by atoms with Crippen molar-refractivity contribution in [3.05, 3.63) is 12.2 Å². The molecule has 3 aliphatic rings. The molecule has 24 heavy (non-hydrogen) atoms. The molecule has 1 heterocycles. The lowest BCUT2D eigenvalue weighted by Gasteiger charge is -2.47. The summed E-state index contributed by atoms with van der Waals surface area (Å²) < 4.78 is 17.2. The molecule has 132 valence electrons. The number of fused-ring (bicyclic) bond motifs is 2. The predicted octanol–water partition coefficient (Wildman–Crippen LogP) is 1.67. The molecule has 0 radical (unpaired) electrons. The minimum absolute atomic E-state index is 0.0442. The molecule has 0 N–H and O–H groups in total. The molecule has 6 nitrogen and oxygen atoms in total. The first kappa shape index (κ1) is 17.3. The van der Waals surface area contributed by atoms with Gasteiger partial charge in [0, 0.05) is 23.7 Å². The van der Waals surface area contributed by atoms with Gasteiger partial charge in [0.1, 0.15) is 5.78 Å². The van der Waals surface area contributed by atoms with Gasteiger partial charge in [0.2, 0.25) is 0 Å². The first-order valence-corrected chi connectivity index (χ1v) is 8.47. The van der Waals surface area contributed by atoms with Crippen molar-refractivity contribution in [1.82, 2.24) is 0 Å². The largest absolute Gasteiger partial charge is 0.466 e. The van der Waals surface area contributed by atoms with Gasteiger partial charge >= 0.3 is 5.97 Å². The predicted molar refractivity (Wildman–Crippen MR) is 83.9 cm³/mol. The molecule has 0 amide bonds. The maximum absolute atomic E-state index is 12.9. The molecule has 2 fully saturated rings. The Hall–Kier alpha value is -1.53. The Morgan fingerprint density at radius 2 is 1.96 bits per heavy atom. The van der Waals surface area contributed by atoms with Crippen LogP contribution < -0.4 is 0 Å². The molecule has 6 heteroatoms. The summed E-state index contributed by atoms with van der Waals surface area (Å²) in [5, 5.41) is 0. The zero-order valence-electron chi connectivity index (χ0n) is 14.4. The highest BCUT2D eigenvalue weighted by atomic mass is 16.7. The third kappa shape index (κ3) is 2.82. The molecular weight excluding hydrogens is 312 g/mol. The maximum atomic E-state index is 12.9. The Bertz CT molecular complexity index is 580. The van der Waals surface area contributed by atoms with Gasteiger partial charge in [-0.2, -0.15) is 0 Å². The fourth-order valence-electron chi connectivity index (χ4n) is 3.88. The van der Waals surface area contributed by atoms with Crippen molar-refractivity contribution >= 4 is 17.5 Å². The van der Waals surface area contributed by atoms with E-state index in [1.165, 1.54) is 6.08 Å². The van der Waals surface area contributed by atoms with E-state index in [-0.39, 0.29) is 42.3 Å². The molecule has 2 aliphatic carbocycles. The Kier molecular flexibility index (Phi) is 4.38. The molecule has 1 aliphatic heterocycles. The van der Waals surface area contributed by atoms with Crippen molar-refractivity contribution in [2.75, 3.05) is 19.8 Å². The first-order chi connectivity index (χ1) is 11.3. The quantitative estimate of drug-likeness (QED) is 0.730. The van der Waals surface area contributed by atoms with E-state index in [9.17, 15) is 14.4 Å². The van der Waals surface area contributed by atoms with Gasteiger partial charge in [-0.25, -0.2) is 0 Å². The van der Waals surface area contributed by atoms with Gasteiger partial charge in [-0.3, -0.25) is 14.4 Å². The summed E-state index contributed by atoms with van der Waals surface area (Å²) in [6.45, 7) is 6.84. The van der Waals surface area contributed by atoms with Crippen LogP contribution in [-0.2, 0) is 28.6 Å². The number of Topliss-reactive ketones (excluding diaryl/α,β-unsaturated/α-hetero) is 1. The summed E-state index contributed by atoms with van der Waals surface area (Å²) in [6.07, 6.45) is 3.21. The minimum Gasteiger partial charge on any atom is -0.466 e. The molecule has 1 saturated carbocycles. The molecule has 3 rings (SSSR count). The third-order valence-corrected chi connectivity index (χ3v) is 5.07. The highest BCUT2D eigenvalue weighted by Gasteiger charge is 2.64. The van der Waals surface area contributed by atoms with Crippen LogP contribution in [0, 0.1) is 23.2 Å². The summed E-state index contributed by atoms with van der Waals surface area (Å²) in [4.78, 5) is 36.8. The van der Waals surface area contributed by atoms with Gasteiger partial charge in [-0.15, -0.1) is 0 Å². The van der Waals surface area contributed by atoms with Gasteiger partial charge in [0.15, 0.2) is 11.6 Å². The molecule has 0 aromatic carbocycles. The van der Waals surface area contributed by atoms with Crippen LogP contribution in [0.2, 0.25) is 0 Å². The van der Waals surface area contributed by atoms with Gasteiger partial charge in [-0.05, 0) is 13.0 Å². The maximum Gasteiger partial charge on any atom is 0.306 e. The minimum atomic E-state index is -1.20. The van der Waals surface area contributed by atoms with Crippen molar-refractivity contribution in [3.63, 3.8) is 0 Å². The summed E-state index contributed by atoms with van der Waals surface area (Å²) in [7, 11) is 0. The van der Waals surface area contributed by atoms with E-state index in [1.807, 2.05) is 13.8 Å². The van der Waals surface area contributed by atoms with Gasteiger partial charge in [0.05, 0.1) is 32.2 Å². The highest BCUT2D eigenvalue weighted by molar-refractivity contribution is 5.98. The number of rotatable bonds is 3. The number of ether oxygens (including phenoxy) is 3. The topological polar surface area (TPSA) is 78.9 Å². The Balaban J connectivity index is 1.93. The number of esters is 1. The summed E-state index contributed by atoms with van der Waals surface area (Å²) >= 11 is 0. The van der Waals surface area contributed by atoms with Crippen LogP contribution in [-0.4, -0.2) is 43.1 Å². The number of allylic oxidation sites excluding steroid dienone is 2. The molecule has 3 atom stereocenters. The van der Waals surface area contributed by atoms with E-state index >= 15 is 0 Å². The molecule has 0 aromatic heterocycles. The lowest BCUT2D eigenvalue weighted by atomic mass is 9.81. The normalized spacial score (nSPS) is 33.5. The standard InChI is InChI=1S/C18H24O6/c1-4-22-15(20)8-14-16(21)12-6-5-11(19)7-13(12)18(14)23-9-17(2,3)10-24-18/h5-6,12-14H,4,7-10H2,1-3H3/t12-,13+,14+/m0/s1. The zero-order chi connectivity index (χ0) is 17.5. The lowest BCUT2D eigenvalue weighted by Crippen LogP contribution is -2.55. The summed E-state index contributed by atoms with van der Waals surface area (Å²) in [5.74, 6) is -3.35. The van der Waals surface area contributed by atoms with Crippen LogP contribution in [0.4, 0.5) is 0 Å². The number of hydrogen-bond donors (Lipinski definition) is 0. The number of carbonyl (C=O) groups is 3. The molecule has 1 saturated heterocycles. The van der Waals surface area contributed by atoms with Crippen molar-refractivity contribution in [2.45, 2.75) is 39.4 Å². The summed E-state index contributed by atoms with van der Waals surface area (Å²) in [6, 6.07) is 0. The second kappa shape index (κ2) is 6.08. The summed E-state index contributed by atoms with van der Waals surface area (Å²) in [5.41, 5.74) is -0.171. The van der Waals surface area contributed by atoms with Crippen molar-refractivity contribution in [2.24, 2.45) is 23.2 Å². The third-order valence-electron chi connectivity index (χ3n) is 5.07. The Labute approximate surface area is 141 Å². The second-order valence-corrected chi connectivity index (χ2v) is 7.59. The average Bonchev–Trinajstić information content (AvgIpc) is 2.73. The van der Waals surface area contributed by atoms with Crippen LogP contribution in [0.15, 0.2) is 12.2 Å². The number of carbonyl (C=O) groups excluding carboxylic acids is 3. The van der Waals surface area contributed by atoms with Gasteiger partial charge in [0.25, 0.3) is 0 Å². The Morgan fingerprint density at radius 3 is 2.58 bits per heavy atom. The zero-order valence-corrected chi connectivity index (χ0v) is 14.4. The molecule has 0 aromatic rings. The second-order valence-electron chi connectivity index (χ2n) is 7.59. The van der Waals surface area contributed by atoms with Crippen molar-refractivity contribution in [3.8, 4) is 0 Å². The number of ketones is 2. The van der Waals surface area contributed by atoms with E-state index in [2.05, 4.69) is 0 Å². The smallest absolute Gasteiger partial charge is 0.306 e. The van der Waals surface area contributed by atoms with Crippen molar-refractivity contribution in [1.29, 1.82) is 0 Å². The van der Waals surface area contributed by atoms with Crippen LogP contribution >= 0.6 is 0 Å². The van der Waals surface area contributed by atoms with E-state index in [4.69, 9.17) is 14.2 Å². The van der Waals surface area contributed by atoms with Crippen molar-refractivity contribution < 1.29 is 28.6 Å². The monoisotopic (exact) mass is 336 g/mol. The molecule has 0 bridgehead atoms. The van der Waals surface area contributed by atoms with Gasteiger partial charge < -0.3 is 14.2 Å². The van der Waals surface area contributed by atoms with Crippen LogP contribution in [0.1, 0.15) is 33.6 Å². The highest BCUT2D eigenvalue weighted by Crippen LogP contribution is 2.53. The Morgan fingerprint density at radius 1 is 1.29 bits per heavy atom.